The van der Waals surface area contributed by atoms with E-state index in [1.54, 1.807) is 17.6 Å². The molecule has 6 nitrogen and oxygen atoms in total. The molecule has 0 spiro atoms. The molecule has 1 aliphatic carbocycles. The van der Waals surface area contributed by atoms with E-state index in [9.17, 15) is 14.7 Å². The zero-order valence-corrected chi connectivity index (χ0v) is 14.3. The highest BCUT2D eigenvalue weighted by atomic mass is 32.1. The van der Waals surface area contributed by atoms with Crippen molar-refractivity contribution in [1.29, 1.82) is 0 Å². The SMILES string of the molecule is O=C(NCc1c(O)ccc2c1CCCC2)c1cnc2sccn2c1=O. The number of phenolic OH excluding ortho intramolecular Hbond substituents is 1. The normalized spacial score (nSPS) is 13.6. The van der Waals surface area contributed by atoms with Crippen LogP contribution in [0.15, 0.2) is 34.7 Å². The first-order chi connectivity index (χ1) is 12.1. The summed E-state index contributed by atoms with van der Waals surface area (Å²) in [7, 11) is 0. The van der Waals surface area contributed by atoms with Gasteiger partial charge >= 0.3 is 0 Å². The summed E-state index contributed by atoms with van der Waals surface area (Å²) in [4.78, 5) is 29.5. The Kier molecular flexibility index (Phi) is 4.01. The van der Waals surface area contributed by atoms with Crippen LogP contribution in [0.5, 0.6) is 5.75 Å². The number of nitrogens with one attached hydrogen (secondary N) is 1. The Morgan fingerprint density at radius 1 is 1.32 bits per heavy atom. The molecule has 0 radical (unpaired) electrons. The van der Waals surface area contributed by atoms with Crippen LogP contribution in [0.3, 0.4) is 0 Å². The van der Waals surface area contributed by atoms with Gasteiger partial charge in [0.25, 0.3) is 11.5 Å². The third kappa shape index (κ3) is 2.80. The Morgan fingerprint density at radius 2 is 2.16 bits per heavy atom. The molecule has 3 aromatic rings. The van der Waals surface area contributed by atoms with Crippen LogP contribution in [-0.4, -0.2) is 20.4 Å². The van der Waals surface area contributed by atoms with Gasteiger partial charge in [-0.15, -0.1) is 11.3 Å². The number of carbonyl (C=O) groups is 1. The molecule has 7 heteroatoms. The first-order valence-electron chi connectivity index (χ1n) is 8.21. The standard InChI is InChI=1S/C18H17N3O3S/c22-15-6-5-11-3-1-2-4-12(11)13(15)9-19-16(23)14-10-20-18-21(17(14)24)7-8-25-18/h5-8,10,22H,1-4,9H2,(H,19,23). The maximum atomic E-state index is 12.4. The number of aryl methyl sites for hydroxylation is 1. The van der Waals surface area contributed by atoms with E-state index in [1.807, 2.05) is 6.07 Å². The van der Waals surface area contributed by atoms with E-state index in [1.165, 1.54) is 27.5 Å². The average Bonchev–Trinajstić information content (AvgIpc) is 3.10. The highest BCUT2D eigenvalue weighted by Crippen LogP contribution is 2.30. The average molecular weight is 355 g/mol. The molecule has 0 saturated heterocycles. The van der Waals surface area contributed by atoms with Gasteiger partial charge in [-0.25, -0.2) is 4.98 Å². The molecule has 0 fully saturated rings. The van der Waals surface area contributed by atoms with Crippen LogP contribution in [0.4, 0.5) is 0 Å². The molecular formula is C18H17N3O3S. The molecule has 1 aromatic carbocycles. The Labute approximate surface area is 147 Å². The van der Waals surface area contributed by atoms with Crippen molar-refractivity contribution < 1.29 is 9.90 Å². The lowest BCUT2D eigenvalue weighted by molar-refractivity contribution is 0.0948. The van der Waals surface area contributed by atoms with E-state index in [0.717, 1.165) is 36.8 Å². The molecule has 128 valence electrons. The maximum Gasteiger partial charge on any atom is 0.271 e. The van der Waals surface area contributed by atoms with Crippen molar-refractivity contribution in [3.05, 3.63) is 62.5 Å². The molecule has 0 atom stereocenters. The van der Waals surface area contributed by atoms with Gasteiger partial charge in [0.05, 0.1) is 0 Å². The number of nitrogens with zero attached hydrogens (tertiary/aromatic N) is 2. The molecule has 0 bridgehead atoms. The largest absolute Gasteiger partial charge is 0.508 e. The molecule has 25 heavy (non-hydrogen) atoms. The van der Waals surface area contributed by atoms with Crippen molar-refractivity contribution in [2.75, 3.05) is 0 Å². The van der Waals surface area contributed by atoms with Crippen LogP contribution in [0, 0.1) is 0 Å². The first kappa shape index (κ1) is 15.8. The molecule has 1 aliphatic rings. The Bertz CT molecular complexity index is 1020. The minimum atomic E-state index is -0.481. The van der Waals surface area contributed by atoms with Crippen LogP contribution in [-0.2, 0) is 19.4 Å². The van der Waals surface area contributed by atoms with Crippen LogP contribution < -0.4 is 10.9 Å². The van der Waals surface area contributed by atoms with Crippen molar-refractivity contribution in [2.45, 2.75) is 32.2 Å². The molecule has 0 saturated carbocycles. The molecular weight excluding hydrogens is 338 g/mol. The number of aromatic hydroxyl groups is 1. The fourth-order valence-corrected chi connectivity index (χ4v) is 4.01. The predicted octanol–water partition coefficient (Wildman–Crippen LogP) is 2.27. The quantitative estimate of drug-likeness (QED) is 0.755. The van der Waals surface area contributed by atoms with Crippen molar-refractivity contribution in [3.63, 3.8) is 0 Å². The second kappa shape index (κ2) is 6.33. The number of amides is 1. The lowest BCUT2D eigenvalue weighted by Crippen LogP contribution is -2.31. The van der Waals surface area contributed by atoms with Gasteiger partial charge in [-0.3, -0.25) is 14.0 Å². The second-order valence-electron chi connectivity index (χ2n) is 6.12. The molecule has 0 unspecified atom stereocenters. The lowest BCUT2D eigenvalue weighted by atomic mass is 9.87. The third-order valence-corrected chi connectivity index (χ3v) is 5.41. The maximum absolute atomic E-state index is 12.4. The summed E-state index contributed by atoms with van der Waals surface area (Å²) >= 11 is 1.34. The van der Waals surface area contributed by atoms with Gasteiger partial charge in [-0.05, 0) is 42.9 Å². The van der Waals surface area contributed by atoms with Crippen LogP contribution in [0.25, 0.3) is 4.96 Å². The molecule has 2 heterocycles. The summed E-state index contributed by atoms with van der Waals surface area (Å²) in [6.07, 6.45) is 7.04. The lowest BCUT2D eigenvalue weighted by Gasteiger charge is -2.20. The number of benzene rings is 1. The smallest absolute Gasteiger partial charge is 0.271 e. The number of aromatic nitrogens is 2. The topological polar surface area (TPSA) is 83.7 Å². The molecule has 0 aliphatic heterocycles. The molecule has 4 rings (SSSR count). The second-order valence-corrected chi connectivity index (χ2v) is 7.00. The van der Waals surface area contributed by atoms with Gasteiger partial charge in [0.15, 0.2) is 4.96 Å². The fourth-order valence-electron chi connectivity index (χ4n) is 3.33. The summed E-state index contributed by atoms with van der Waals surface area (Å²) in [5.41, 5.74) is 2.71. The number of thiazole rings is 1. The van der Waals surface area contributed by atoms with Crippen molar-refractivity contribution in [3.8, 4) is 5.75 Å². The van der Waals surface area contributed by atoms with Gasteiger partial charge < -0.3 is 10.4 Å². The number of fused-ring (bicyclic) bond motifs is 2. The zero-order chi connectivity index (χ0) is 17.4. The summed E-state index contributed by atoms with van der Waals surface area (Å²) in [6.45, 7) is 0.194. The van der Waals surface area contributed by atoms with E-state index < -0.39 is 5.91 Å². The van der Waals surface area contributed by atoms with E-state index in [4.69, 9.17) is 0 Å². The summed E-state index contributed by atoms with van der Waals surface area (Å²) in [5.74, 6) is -0.296. The van der Waals surface area contributed by atoms with E-state index in [-0.39, 0.29) is 23.4 Å². The van der Waals surface area contributed by atoms with Gasteiger partial charge in [0.2, 0.25) is 0 Å². The van der Waals surface area contributed by atoms with Gasteiger partial charge in [-0.2, -0.15) is 0 Å². The Balaban J connectivity index is 1.60. The van der Waals surface area contributed by atoms with Crippen LogP contribution >= 0.6 is 11.3 Å². The van der Waals surface area contributed by atoms with Crippen molar-refractivity contribution >= 4 is 22.2 Å². The van der Waals surface area contributed by atoms with Crippen molar-refractivity contribution in [2.24, 2.45) is 0 Å². The number of hydrogen-bond donors (Lipinski definition) is 2. The number of rotatable bonds is 3. The predicted molar refractivity (Wildman–Crippen MR) is 95.3 cm³/mol. The molecule has 1 amide bonds. The Hall–Kier alpha value is -2.67. The minimum Gasteiger partial charge on any atom is -0.508 e. The van der Waals surface area contributed by atoms with E-state index in [0.29, 0.717) is 4.96 Å². The summed E-state index contributed by atoms with van der Waals surface area (Å²) in [5, 5.41) is 14.7. The van der Waals surface area contributed by atoms with Crippen molar-refractivity contribution in [1.82, 2.24) is 14.7 Å². The van der Waals surface area contributed by atoms with Gasteiger partial charge in [0, 0.05) is 29.9 Å². The highest BCUT2D eigenvalue weighted by Gasteiger charge is 2.18. The van der Waals surface area contributed by atoms with E-state index >= 15 is 0 Å². The fraction of sp³-hybridized carbons (Fsp3) is 0.278. The number of carbonyl (C=O) groups excluding carboxylic acids is 1. The van der Waals surface area contributed by atoms with Gasteiger partial charge in [-0.1, -0.05) is 6.07 Å². The third-order valence-electron chi connectivity index (χ3n) is 4.64. The van der Waals surface area contributed by atoms with Gasteiger partial charge in [0.1, 0.15) is 11.3 Å². The van der Waals surface area contributed by atoms with E-state index in [2.05, 4.69) is 10.3 Å². The first-order valence-corrected chi connectivity index (χ1v) is 9.09. The zero-order valence-electron chi connectivity index (χ0n) is 13.5. The summed E-state index contributed by atoms with van der Waals surface area (Å²) in [6, 6.07) is 3.63. The number of hydrogen-bond acceptors (Lipinski definition) is 5. The summed E-state index contributed by atoms with van der Waals surface area (Å²) < 4.78 is 1.36. The monoisotopic (exact) mass is 355 g/mol. The molecule has 2 N–H and O–H groups in total. The van der Waals surface area contributed by atoms with Crippen LogP contribution in [0.2, 0.25) is 0 Å². The Morgan fingerprint density at radius 3 is 3.04 bits per heavy atom. The minimum absolute atomic E-state index is 0.000175. The number of phenols is 1. The molecule has 2 aromatic heterocycles. The highest BCUT2D eigenvalue weighted by molar-refractivity contribution is 7.15. The van der Waals surface area contributed by atoms with Crippen LogP contribution in [0.1, 0.15) is 39.9 Å².